The van der Waals surface area contributed by atoms with Gasteiger partial charge in [-0.05, 0) is 30.7 Å². The van der Waals surface area contributed by atoms with E-state index in [-0.39, 0.29) is 17.5 Å². The van der Waals surface area contributed by atoms with Crippen LogP contribution in [0.4, 0.5) is 19.0 Å². The maximum absolute atomic E-state index is 12.5. The van der Waals surface area contributed by atoms with Crippen molar-refractivity contribution in [1.29, 1.82) is 0 Å². The van der Waals surface area contributed by atoms with Gasteiger partial charge in [-0.1, -0.05) is 13.8 Å². The Morgan fingerprint density at radius 3 is 2.36 bits per heavy atom. The first-order valence-electron chi connectivity index (χ1n) is 8.72. The molecule has 0 saturated carbocycles. The molecule has 0 aliphatic heterocycles. The summed E-state index contributed by atoms with van der Waals surface area (Å²) in [6.45, 7) is 5.31. The highest BCUT2D eigenvalue weighted by Crippen LogP contribution is 2.27. The first-order valence-corrected chi connectivity index (χ1v) is 8.72. The highest BCUT2D eigenvalue weighted by atomic mass is 19.4. The van der Waals surface area contributed by atoms with Crippen LogP contribution in [-0.4, -0.2) is 27.0 Å². The number of anilines is 1. The van der Waals surface area contributed by atoms with Gasteiger partial charge in [0.15, 0.2) is 0 Å². The SMILES string of the molecule is Cc1cc(CC(F)(F)F)ncc1-c1cc2cnc(NC(=O)C(C)C)cc2cn1. The molecule has 3 heterocycles. The summed E-state index contributed by atoms with van der Waals surface area (Å²) in [4.78, 5) is 24.4. The quantitative estimate of drug-likeness (QED) is 0.704. The molecule has 0 fully saturated rings. The van der Waals surface area contributed by atoms with Crippen molar-refractivity contribution < 1.29 is 18.0 Å². The van der Waals surface area contributed by atoms with Crippen molar-refractivity contribution in [1.82, 2.24) is 15.0 Å². The van der Waals surface area contributed by atoms with Crippen LogP contribution in [0, 0.1) is 12.8 Å². The number of nitrogens with one attached hydrogen (secondary N) is 1. The summed E-state index contributed by atoms with van der Waals surface area (Å²) in [5, 5.41) is 4.32. The van der Waals surface area contributed by atoms with Crippen LogP contribution in [0.3, 0.4) is 0 Å². The van der Waals surface area contributed by atoms with Gasteiger partial charge in [-0.3, -0.25) is 14.8 Å². The van der Waals surface area contributed by atoms with Crippen LogP contribution >= 0.6 is 0 Å². The van der Waals surface area contributed by atoms with Crippen LogP contribution in [0.1, 0.15) is 25.1 Å². The molecule has 0 atom stereocenters. The predicted molar refractivity (Wildman–Crippen MR) is 101 cm³/mol. The van der Waals surface area contributed by atoms with Crippen molar-refractivity contribution in [3.05, 3.63) is 48.0 Å². The number of fused-ring (bicyclic) bond motifs is 1. The number of amides is 1. The van der Waals surface area contributed by atoms with Crippen molar-refractivity contribution in [3.63, 3.8) is 0 Å². The van der Waals surface area contributed by atoms with Gasteiger partial charge in [0.1, 0.15) is 5.82 Å². The van der Waals surface area contributed by atoms with E-state index in [4.69, 9.17) is 0 Å². The van der Waals surface area contributed by atoms with E-state index in [2.05, 4.69) is 20.3 Å². The molecule has 5 nitrogen and oxygen atoms in total. The van der Waals surface area contributed by atoms with Crippen LogP contribution < -0.4 is 5.32 Å². The fourth-order valence-corrected chi connectivity index (χ4v) is 2.71. The van der Waals surface area contributed by atoms with E-state index >= 15 is 0 Å². The topological polar surface area (TPSA) is 67.8 Å². The van der Waals surface area contributed by atoms with Gasteiger partial charge in [0.05, 0.1) is 12.1 Å². The molecule has 0 radical (unpaired) electrons. The third-order valence-electron chi connectivity index (χ3n) is 4.20. The fraction of sp³-hybridized carbons (Fsp3) is 0.300. The molecule has 0 aliphatic carbocycles. The summed E-state index contributed by atoms with van der Waals surface area (Å²) >= 11 is 0. The zero-order chi connectivity index (χ0) is 20.5. The Bertz CT molecular complexity index is 1030. The van der Waals surface area contributed by atoms with E-state index in [0.29, 0.717) is 22.6 Å². The van der Waals surface area contributed by atoms with Crippen molar-refractivity contribution in [2.24, 2.45) is 5.92 Å². The fourth-order valence-electron chi connectivity index (χ4n) is 2.71. The van der Waals surface area contributed by atoms with Crippen LogP contribution in [0.25, 0.3) is 22.0 Å². The molecule has 3 rings (SSSR count). The summed E-state index contributed by atoms with van der Waals surface area (Å²) in [5.41, 5.74) is 1.89. The zero-order valence-corrected chi connectivity index (χ0v) is 15.6. The van der Waals surface area contributed by atoms with Gasteiger partial charge in [0, 0.05) is 46.5 Å². The molecule has 0 saturated heterocycles. The Morgan fingerprint density at radius 2 is 1.71 bits per heavy atom. The average molecular weight is 388 g/mol. The first kappa shape index (κ1) is 19.7. The lowest BCUT2D eigenvalue weighted by atomic mass is 10.0. The summed E-state index contributed by atoms with van der Waals surface area (Å²) in [6, 6.07) is 4.95. The lowest BCUT2D eigenvalue weighted by molar-refractivity contribution is -0.127. The highest BCUT2D eigenvalue weighted by Gasteiger charge is 2.28. The Balaban J connectivity index is 1.89. The molecule has 0 spiro atoms. The van der Waals surface area contributed by atoms with E-state index in [0.717, 1.165) is 10.8 Å². The van der Waals surface area contributed by atoms with E-state index in [1.807, 2.05) is 0 Å². The molecular weight excluding hydrogens is 369 g/mol. The van der Waals surface area contributed by atoms with Gasteiger partial charge >= 0.3 is 6.18 Å². The maximum atomic E-state index is 12.5. The van der Waals surface area contributed by atoms with E-state index in [1.54, 1.807) is 45.3 Å². The lowest BCUT2D eigenvalue weighted by Crippen LogP contribution is -2.18. The minimum Gasteiger partial charge on any atom is -0.310 e. The predicted octanol–water partition coefficient (Wildman–Crippen LogP) is 4.70. The minimum atomic E-state index is -4.30. The smallest absolute Gasteiger partial charge is 0.310 e. The average Bonchev–Trinajstić information content (AvgIpc) is 2.60. The number of carbonyl (C=O) groups is 1. The number of carbonyl (C=O) groups excluding carboxylic acids is 1. The second-order valence-corrected chi connectivity index (χ2v) is 6.91. The highest BCUT2D eigenvalue weighted by molar-refractivity contribution is 5.94. The standard InChI is InChI=1S/C20H19F3N4O/c1-11(2)19(28)27-18-6-14-8-25-17(5-13(14)9-26-18)16-10-24-15(4-12(16)3)7-20(21,22)23/h4-6,8-11H,7H2,1-3H3,(H,26,27,28). The molecule has 1 amide bonds. The van der Waals surface area contributed by atoms with Crippen molar-refractivity contribution >= 4 is 22.5 Å². The maximum Gasteiger partial charge on any atom is 0.394 e. The lowest BCUT2D eigenvalue weighted by Gasteiger charge is -2.11. The van der Waals surface area contributed by atoms with E-state index in [9.17, 15) is 18.0 Å². The number of alkyl halides is 3. The normalized spacial score (nSPS) is 11.8. The number of pyridine rings is 3. The van der Waals surface area contributed by atoms with Gasteiger partial charge in [0.2, 0.25) is 5.91 Å². The molecule has 146 valence electrons. The van der Waals surface area contributed by atoms with E-state index in [1.165, 1.54) is 12.3 Å². The third-order valence-corrected chi connectivity index (χ3v) is 4.20. The second kappa shape index (κ2) is 7.53. The molecule has 0 unspecified atom stereocenters. The van der Waals surface area contributed by atoms with E-state index < -0.39 is 12.6 Å². The second-order valence-electron chi connectivity index (χ2n) is 6.91. The summed E-state index contributed by atoms with van der Waals surface area (Å²) in [7, 11) is 0. The van der Waals surface area contributed by atoms with Crippen molar-refractivity contribution in [3.8, 4) is 11.3 Å². The van der Waals surface area contributed by atoms with Crippen LogP contribution in [0.15, 0.2) is 36.8 Å². The zero-order valence-electron chi connectivity index (χ0n) is 15.6. The van der Waals surface area contributed by atoms with Gasteiger partial charge < -0.3 is 5.32 Å². The van der Waals surface area contributed by atoms with Crippen LogP contribution in [0.2, 0.25) is 0 Å². The number of hydrogen-bond acceptors (Lipinski definition) is 4. The largest absolute Gasteiger partial charge is 0.394 e. The van der Waals surface area contributed by atoms with Crippen molar-refractivity contribution in [2.45, 2.75) is 33.4 Å². The van der Waals surface area contributed by atoms with Crippen LogP contribution in [-0.2, 0) is 11.2 Å². The Hall–Kier alpha value is -3.03. The number of nitrogens with zero attached hydrogens (tertiary/aromatic N) is 3. The molecule has 8 heteroatoms. The number of rotatable bonds is 4. The van der Waals surface area contributed by atoms with Crippen LogP contribution in [0.5, 0.6) is 0 Å². The summed E-state index contributed by atoms with van der Waals surface area (Å²) < 4.78 is 37.6. The number of aromatic nitrogens is 3. The Kier molecular flexibility index (Phi) is 5.31. The molecule has 3 aromatic rings. The molecule has 0 aromatic carbocycles. The van der Waals surface area contributed by atoms with Gasteiger partial charge in [-0.2, -0.15) is 13.2 Å². The first-order chi connectivity index (χ1) is 13.1. The summed E-state index contributed by atoms with van der Waals surface area (Å²) in [6.07, 6.45) is -0.683. The third kappa shape index (κ3) is 4.62. The molecule has 0 bridgehead atoms. The number of aryl methyl sites for hydroxylation is 1. The molecular formula is C20H19F3N4O. The molecule has 0 aliphatic rings. The molecule has 1 N–H and O–H groups in total. The van der Waals surface area contributed by atoms with Gasteiger partial charge in [-0.25, -0.2) is 4.98 Å². The number of hydrogen-bond donors (Lipinski definition) is 1. The minimum absolute atomic E-state index is 0.0262. The Labute approximate surface area is 160 Å². The van der Waals surface area contributed by atoms with Crippen molar-refractivity contribution in [2.75, 3.05) is 5.32 Å². The van der Waals surface area contributed by atoms with Gasteiger partial charge in [-0.15, -0.1) is 0 Å². The molecule has 3 aromatic heterocycles. The van der Waals surface area contributed by atoms with Gasteiger partial charge in [0.25, 0.3) is 0 Å². The number of halogens is 3. The summed E-state index contributed by atoms with van der Waals surface area (Å²) in [5.74, 6) is 0.154. The Morgan fingerprint density at radius 1 is 1.04 bits per heavy atom. The molecule has 28 heavy (non-hydrogen) atoms. The monoisotopic (exact) mass is 388 g/mol.